The number of nitrogens with zero attached hydrogens (tertiary/aromatic N) is 2. The third-order valence-corrected chi connectivity index (χ3v) is 6.12. The van der Waals surface area contributed by atoms with Gasteiger partial charge in [-0.3, -0.25) is 9.10 Å². The van der Waals surface area contributed by atoms with Crippen molar-refractivity contribution in [2.45, 2.75) is 11.8 Å². The number of anilines is 1. The molecule has 1 N–H and O–H groups in total. The van der Waals surface area contributed by atoms with Gasteiger partial charge in [0.15, 0.2) is 0 Å². The van der Waals surface area contributed by atoms with E-state index in [0.717, 1.165) is 11.1 Å². The molecule has 0 aliphatic rings. The first-order chi connectivity index (χ1) is 13.9. The molecule has 0 aliphatic carbocycles. The summed E-state index contributed by atoms with van der Waals surface area (Å²) in [6, 6.07) is 22.2. The zero-order valence-electron chi connectivity index (χ0n) is 16.1. The topological polar surface area (TPSA) is 78.8 Å². The van der Waals surface area contributed by atoms with Gasteiger partial charge < -0.3 is 0 Å². The highest BCUT2D eigenvalue weighted by Gasteiger charge is 2.21. The number of aryl methyl sites for hydroxylation is 1. The molecular formula is C22H21N3O3S. The largest absolute Gasteiger partial charge is 0.271 e. The Labute approximate surface area is 170 Å². The average molecular weight is 407 g/mol. The predicted molar refractivity (Wildman–Crippen MR) is 115 cm³/mol. The van der Waals surface area contributed by atoms with Crippen LogP contribution in [-0.4, -0.2) is 27.6 Å². The van der Waals surface area contributed by atoms with Crippen LogP contribution in [0.15, 0.2) is 88.9 Å². The Morgan fingerprint density at radius 3 is 2.31 bits per heavy atom. The lowest BCUT2D eigenvalue weighted by atomic mass is 10.2. The molecule has 148 valence electrons. The van der Waals surface area contributed by atoms with Crippen LogP contribution in [0.2, 0.25) is 0 Å². The number of benzene rings is 3. The summed E-state index contributed by atoms with van der Waals surface area (Å²) in [5, 5.41) is 3.96. The first-order valence-electron chi connectivity index (χ1n) is 8.92. The Morgan fingerprint density at radius 1 is 0.966 bits per heavy atom. The number of carbonyl (C=O) groups is 1. The number of hydrogen-bond acceptors (Lipinski definition) is 4. The fourth-order valence-corrected chi connectivity index (χ4v) is 3.91. The van der Waals surface area contributed by atoms with Crippen LogP contribution in [0.4, 0.5) is 5.69 Å². The lowest BCUT2D eigenvalue weighted by molar-refractivity contribution is 0.0955. The van der Waals surface area contributed by atoms with E-state index < -0.39 is 10.0 Å². The van der Waals surface area contributed by atoms with E-state index in [1.807, 2.05) is 31.2 Å². The molecule has 0 bridgehead atoms. The van der Waals surface area contributed by atoms with Crippen molar-refractivity contribution in [1.82, 2.24) is 5.43 Å². The Hall–Kier alpha value is -3.45. The molecule has 6 nitrogen and oxygen atoms in total. The van der Waals surface area contributed by atoms with Crippen LogP contribution >= 0.6 is 0 Å². The predicted octanol–water partition coefficient (Wildman–Crippen LogP) is 3.58. The molecule has 0 unspecified atom stereocenters. The summed E-state index contributed by atoms with van der Waals surface area (Å²) < 4.78 is 26.5. The summed E-state index contributed by atoms with van der Waals surface area (Å²) in [6.45, 7) is 1.98. The van der Waals surface area contributed by atoms with Crippen molar-refractivity contribution in [3.05, 3.63) is 95.6 Å². The van der Waals surface area contributed by atoms with Gasteiger partial charge in [0.05, 0.1) is 16.8 Å². The molecule has 0 fully saturated rings. The van der Waals surface area contributed by atoms with Gasteiger partial charge in [0, 0.05) is 12.6 Å². The minimum absolute atomic E-state index is 0.204. The van der Waals surface area contributed by atoms with Gasteiger partial charge in [-0.05, 0) is 48.9 Å². The fourth-order valence-electron chi connectivity index (χ4n) is 2.69. The van der Waals surface area contributed by atoms with Crippen molar-refractivity contribution >= 4 is 27.8 Å². The normalized spacial score (nSPS) is 11.4. The summed E-state index contributed by atoms with van der Waals surface area (Å²) >= 11 is 0. The number of hydrogen-bond donors (Lipinski definition) is 1. The van der Waals surface area contributed by atoms with E-state index in [1.54, 1.807) is 60.8 Å². The lowest BCUT2D eigenvalue weighted by Crippen LogP contribution is -2.26. The van der Waals surface area contributed by atoms with Crippen molar-refractivity contribution in [2.75, 3.05) is 11.4 Å². The number of nitrogens with one attached hydrogen (secondary N) is 1. The van der Waals surface area contributed by atoms with Gasteiger partial charge in [0.25, 0.3) is 15.9 Å². The van der Waals surface area contributed by atoms with E-state index in [4.69, 9.17) is 0 Å². The van der Waals surface area contributed by atoms with Crippen molar-refractivity contribution in [3.63, 3.8) is 0 Å². The molecule has 1 amide bonds. The Morgan fingerprint density at radius 2 is 1.66 bits per heavy atom. The summed E-state index contributed by atoms with van der Waals surface area (Å²) in [4.78, 5) is 12.4. The molecule has 3 rings (SSSR count). The molecule has 7 heteroatoms. The molecular weight excluding hydrogens is 386 g/mol. The molecule has 29 heavy (non-hydrogen) atoms. The highest BCUT2D eigenvalue weighted by Crippen LogP contribution is 2.22. The van der Waals surface area contributed by atoms with Crippen LogP contribution in [0.25, 0.3) is 0 Å². The van der Waals surface area contributed by atoms with E-state index in [1.165, 1.54) is 11.4 Å². The molecule has 3 aromatic rings. The Bertz CT molecular complexity index is 1130. The first-order valence-corrected chi connectivity index (χ1v) is 10.4. The SMILES string of the molecule is Cc1cccc(/C=N/NC(=O)c2ccc(N(C)S(=O)(=O)c3ccccc3)cc2)c1. The van der Waals surface area contributed by atoms with Gasteiger partial charge in [0.1, 0.15) is 0 Å². The number of hydrazone groups is 1. The molecule has 0 radical (unpaired) electrons. The second-order valence-corrected chi connectivity index (χ2v) is 8.41. The van der Waals surface area contributed by atoms with E-state index in [0.29, 0.717) is 11.3 Å². The summed E-state index contributed by atoms with van der Waals surface area (Å²) in [6.07, 6.45) is 1.57. The minimum Gasteiger partial charge on any atom is -0.269 e. The highest BCUT2D eigenvalue weighted by atomic mass is 32.2. The standard InChI is InChI=1S/C22H21N3O3S/c1-17-7-6-8-18(15-17)16-23-24-22(26)19-11-13-20(14-12-19)25(2)29(27,28)21-9-4-3-5-10-21/h3-16H,1-2H3,(H,24,26)/b23-16+. The quantitative estimate of drug-likeness (QED) is 0.501. The van der Waals surface area contributed by atoms with Crippen molar-refractivity contribution < 1.29 is 13.2 Å². The van der Waals surface area contributed by atoms with Gasteiger partial charge in [-0.1, -0.05) is 48.0 Å². The third-order valence-electron chi connectivity index (χ3n) is 4.32. The van der Waals surface area contributed by atoms with Crippen molar-refractivity contribution in [2.24, 2.45) is 5.10 Å². The van der Waals surface area contributed by atoms with Crippen LogP contribution in [0.1, 0.15) is 21.5 Å². The molecule has 0 spiro atoms. The van der Waals surface area contributed by atoms with Gasteiger partial charge in [-0.2, -0.15) is 5.10 Å². The number of amides is 1. The summed E-state index contributed by atoms with van der Waals surface area (Å²) in [7, 11) is -2.19. The van der Waals surface area contributed by atoms with E-state index in [-0.39, 0.29) is 10.8 Å². The van der Waals surface area contributed by atoms with Crippen LogP contribution in [0.3, 0.4) is 0 Å². The third kappa shape index (κ3) is 4.89. The highest BCUT2D eigenvalue weighted by molar-refractivity contribution is 7.92. The van der Waals surface area contributed by atoms with Gasteiger partial charge in [-0.25, -0.2) is 13.8 Å². The van der Waals surface area contributed by atoms with E-state index in [9.17, 15) is 13.2 Å². The second-order valence-electron chi connectivity index (χ2n) is 6.45. The molecule has 0 aromatic heterocycles. The molecule has 0 saturated heterocycles. The molecule has 0 saturated carbocycles. The molecule has 0 heterocycles. The number of carbonyl (C=O) groups excluding carboxylic acids is 1. The van der Waals surface area contributed by atoms with Crippen molar-refractivity contribution in [3.8, 4) is 0 Å². The zero-order valence-corrected chi connectivity index (χ0v) is 16.9. The van der Waals surface area contributed by atoms with E-state index >= 15 is 0 Å². The van der Waals surface area contributed by atoms with Crippen LogP contribution < -0.4 is 9.73 Å². The lowest BCUT2D eigenvalue weighted by Gasteiger charge is -2.19. The Kier molecular flexibility index (Phi) is 6.09. The number of rotatable bonds is 6. The molecule has 0 aliphatic heterocycles. The van der Waals surface area contributed by atoms with Gasteiger partial charge in [0.2, 0.25) is 0 Å². The molecule has 0 atom stereocenters. The maximum Gasteiger partial charge on any atom is 0.271 e. The van der Waals surface area contributed by atoms with Crippen LogP contribution in [0.5, 0.6) is 0 Å². The zero-order chi connectivity index (χ0) is 20.9. The first kappa shape index (κ1) is 20.3. The number of sulfonamides is 1. The average Bonchev–Trinajstić information content (AvgIpc) is 2.74. The van der Waals surface area contributed by atoms with E-state index in [2.05, 4.69) is 10.5 Å². The fraction of sp³-hybridized carbons (Fsp3) is 0.0909. The molecule has 3 aromatic carbocycles. The maximum atomic E-state index is 12.7. The monoisotopic (exact) mass is 407 g/mol. The Balaban J connectivity index is 1.68. The van der Waals surface area contributed by atoms with Gasteiger partial charge in [-0.15, -0.1) is 0 Å². The minimum atomic E-state index is -3.66. The second kappa shape index (κ2) is 8.70. The van der Waals surface area contributed by atoms with Gasteiger partial charge >= 0.3 is 0 Å². The maximum absolute atomic E-state index is 12.7. The van der Waals surface area contributed by atoms with Crippen LogP contribution in [-0.2, 0) is 10.0 Å². The summed E-state index contributed by atoms with van der Waals surface area (Å²) in [5.74, 6) is -0.381. The summed E-state index contributed by atoms with van der Waals surface area (Å²) in [5.41, 5.74) is 5.28. The van der Waals surface area contributed by atoms with Crippen molar-refractivity contribution in [1.29, 1.82) is 0 Å². The van der Waals surface area contributed by atoms with Crippen LogP contribution in [0, 0.1) is 6.92 Å². The smallest absolute Gasteiger partial charge is 0.269 e.